The van der Waals surface area contributed by atoms with Crippen LogP contribution >= 0.6 is 0 Å². The number of carbonyl (C=O) groups is 1. The molecule has 1 heterocycles. The predicted molar refractivity (Wildman–Crippen MR) is 56.7 cm³/mol. The SMILES string of the molecule is CC(C)C(=O)NC1C(O)OC(CO)C(O)C1O. The lowest BCUT2D eigenvalue weighted by Crippen LogP contribution is -2.64. The number of hydrogen-bond donors (Lipinski definition) is 5. The quantitative estimate of drug-likeness (QED) is 0.379. The van der Waals surface area contributed by atoms with E-state index in [1.807, 2.05) is 0 Å². The van der Waals surface area contributed by atoms with Gasteiger partial charge >= 0.3 is 0 Å². The topological polar surface area (TPSA) is 119 Å². The molecule has 1 aliphatic heterocycles. The van der Waals surface area contributed by atoms with Crippen molar-refractivity contribution in [2.45, 2.75) is 44.5 Å². The third-order valence-corrected chi connectivity index (χ3v) is 2.73. The Morgan fingerprint density at radius 1 is 1.29 bits per heavy atom. The van der Waals surface area contributed by atoms with Crippen molar-refractivity contribution in [3.63, 3.8) is 0 Å². The second-order valence-electron chi connectivity index (χ2n) is 4.42. The summed E-state index contributed by atoms with van der Waals surface area (Å²) in [6.45, 7) is 2.79. The lowest BCUT2D eigenvalue weighted by Gasteiger charge is -2.40. The first kappa shape index (κ1) is 14.3. The summed E-state index contributed by atoms with van der Waals surface area (Å²) in [5.74, 6) is -0.687. The van der Waals surface area contributed by atoms with Gasteiger partial charge in [0, 0.05) is 5.92 Å². The largest absolute Gasteiger partial charge is 0.394 e. The Kier molecular flexibility index (Phi) is 4.84. The van der Waals surface area contributed by atoms with E-state index >= 15 is 0 Å². The van der Waals surface area contributed by atoms with Crippen LogP contribution in [0.4, 0.5) is 0 Å². The van der Waals surface area contributed by atoms with Crippen LogP contribution < -0.4 is 5.32 Å². The van der Waals surface area contributed by atoms with Crippen molar-refractivity contribution < 1.29 is 30.0 Å². The fourth-order valence-corrected chi connectivity index (χ4v) is 1.58. The molecular formula is C10H19NO6. The number of aliphatic hydroxyl groups excluding tert-OH is 4. The van der Waals surface area contributed by atoms with E-state index < -0.39 is 37.3 Å². The molecule has 1 fully saturated rings. The second kappa shape index (κ2) is 5.74. The summed E-state index contributed by atoms with van der Waals surface area (Å²) in [4.78, 5) is 11.4. The Morgan fingerprint density at radius 3 is 2.35 bits per heavy atom. The van der Waals surface area contributed by atoms with Crippen LogP contribution in [0.1, 0.15) is 13.8 Å². The van der Waals surface area contributed by atoms with Gasteiger partial charge in [-0.1, -0.05) is 13.8 Å². The molecule has 1 rings (SSSR count). The van der Waals surface area contributed by atoms with E-state index in [0.717, 1.165) is 0 Å². The summed E-state index contributed by atoms with van der Waals surface area (Å²) in [5.41, 5.74) is 0. The molecule has 0 saturated carbocycles. The first-order valence-electron chi connectivity index (χ1n) is 5.49. The zero-order valence-electron chi connectivity index (χ0n) is 9.78. The minimum absolute atomic E-state index is 0.317. The normalized spacial score (nSPS) is 38.2. The second-order valence-corrected chi connectivity index (χ2v) is 4.42. The average Bonchev–Trinajstić information content (AvgIpc) is 2.28. The Hall–Kier alpha value is -0.730. The number of carbonyl (C=O) groups excluding carboxylic acids is 1. The van der Waals surface area contributed by atoms with E-state index in [1.165, 1.54) is 0 Å². The maximum Gasteiger partial charge on any atom is 0.223 e. The van der Waals surface area contributed by atoms with Crippen molar-refractivity contribution in [3.8, 4) is 0 Å². The predicted octanol–water partition coefficient (Wildman–Crippen LogP) is -2.44. The fraction of sp³-hybridized carbons (Fsp3) is 0.900. The minimum atomic E-state index is -1.46. The van der Waals surface area contributed by atoms with Gasteiger partial charge in [-0.15, -0.1) is 0 Å². The molecule has 7 nitrogen and oxygen atoms in total. The molecule has 5 atom stereocenters. The minimum Gasteiger partial charge on any atom is -0.394 e. The van der Waals surface area contributed by atoms with Crippen molar-refractivity contribution >= 4 is 5.91 Å². The Morgan fingerprint density at radius 2 is 1.88 bits per heavy atom. The first-order chi connectivity index (χ1) is 7.88. The van der Waals surface area contributed by atoms with Gasteiger partial charge in [-0.05, 0) is 0 Å². The van der Waals surface area contributed by atoms with Crippen molar-refractivity contribution in [1.29, 1.82) is 0 Å². The lowest BCUT2D eigenvalue weighted by molar-refractivity contribution is -0.254. The summed E-state index contributed by atoms with van der Waals surface area (Å²) >= 11 is 0. The smallest absolute Gasteiger partial charge is 0.223 e. The maximum absolute atomic E-state index is 11.4. The van der Waals surface area contributed by atoms with E-state index in [1.54, 1.807) is 13.8 Å². The molecular weight excluding hydrogens is 230 g/mol. The van der Waals surface area contributed by atoms with Crippen LogP contribution in [0.15, 0.2) is 0 Å². The van der Waals surface area contributed by atoms with Crippen LogP contribution in [-0.2, 0) is 9.53 Å². The maximum atomic E-state index is 11.4. The molecule has 1 amide bonds. The zero-order chi connectivity index (χ0) is 13.2. The average molecular weight is 249 g/mol. The highest BCUT2D eigenvalue weighted by Crippen LogP contribution is 2.19. The number of rotatable bonds is 3. The van der Waals surface area contributed by atoms with E-state index in [0.29, 0.717) is 0 Å². The Labute approximate surface area is 99.0 Å². The first-order valence-corrected chi connectivity index (χ1v) is 5.49. The summed E-state index contributed by atoms with van der Waals surface area (Å²) in [6, 6.07) is -1.11. The highest BCUT2D eigenvalue weighted by molar-refractivity contribution is 5.78. The van der Waals surface area contributed by atoms with Gasteiger partial charge < -0.3 is 30.5 Å². The molecule has 5 unspecified atom stereocenters. The molecule has 100 valence electrons. The van der Waals surface area contributed by atoms with Gasteiger partial charge in [-0.25, -0.2) is 0 Å². The molecule has 0 bridgehead atoms. The van der Waals surface area contributed by atoms with Crippen LogP contribution in [-0.4, -0.2) is 63.6 Å². The van der Waals surface area contributed by atoms with E-state index in [9.17, 15) is 20.1 Å². The molecule has 5 N–H and O–H groups in total. The molecule has 0 spiro atoms. The van der Waals surface area contributed by atoms with Gasteiger partial charge in [-0.2, -0.15) is 0 Å². The number of aliphatic hydroxyl groups is 4. The highest BCUT2D eigenvalue weighted by Gasteiger charge is 2.44. The molecule has 17 heavy (non-hydrogen) atoms. The molecule has 1 saturated heterocycles. The molecule has 0 aromatic carbocycles. The zero-order valence-corrected chi connectivity index (χ0v) is 9.78. The number of amides is 1. The third kappa shape index (κ3) is 3.14. The van der Waals surface area contributed by atoms with Gasteiger partial charge in [0.05, 0.1) is 6.61 Å². The molecule has 7 heteroatoms. The summed E-state index contributed by atoms with van der Waals surface area (Å²) in [5, 5.41) is 40.1. The molecule has 1 aliphatic rings. The van der Waals surface area contributed by atoms with Gasteiger partial charge in [0.15, 0.2) is 6.29 Å². The molecule has 0 aromatic rings. The van der Waals surface area contributed by atoms with E-state index in [2.05, 4.69) is 5.32 Å². The monoisotopic (exact) mass is 249 g/mol. The van der Waals surface area contributed by atoms with Gasteiger partial charge in [0.1, 0.15) is 24.4 Å². The summed E-state index contributed by atoms with van der Waals surface area (Å²) in [7, 11) is 0. The standard InChI is InChI=1S/C10H19NO6/c1-4(2)9(15)11-6-8(14)7(13)5(3-12)17-10(6)16/h4-8,10,12-14,16H,3H2,1-2H3,(H,11,15). The fourth-order valence-electron chi connectivity index (χ4n) is 1.58. The Balaban J connectivity index is 2.69. The van der Waals surface area contributed by atoms with Crippen LogP contribution in [0.3, 0.4) is 0 Å². The summed E-state index contributed by atoms with van der Waals surface area (Å²) in [6.07, 6.45) is -5.28. The summed E-state index contributed by atoms with van der Waals surface area (Å²) < 4.78 is 4.89. The van der Waals surface area contributed by atoms with E-state index in [4.69, 9.17) is 9.84 Å². The van der Waals surface area contributed by atoms with Crippen LogP contribution in [0.25, 0.3) is 0 Å². The van der Waals surface area contributed by atoms with E-state index in [-0.39, 0.29) is 11.8 Å². The molecule has 0 aromatic heterocycles. The van der Waals surface area contributed by atoms with Crippen LogP contribution in [0.2, 0.25) is 0 Å². The number of ether oxygens (including phenoxy) is 1. The van der Waals surface area contributed by atoms with Crippen molar-refractivity contribution in [2.24, 2.45) is 5.92 Å². The van der Waals surface area contributed by atoms with Crippen molar-refractivity contribution in [1.82, 2.24) is 5.32 Å². The van der Waals surface area contributed by atoms with Gasteiger partial charge in [0.2, 0.25) is 5.91 Å². The van der Waals surface area contributed by atoms with Gasteiger partial charge in [0.25, 0.3) is 0 Å². The number of nitrogens with one attached hydrogen (secondary N) is 1. The highest BCUT2D eigenvalue weighted by atomic mass is 16.6. The van der Waals surface area contributed by atoms with Crippen molar-refractivity contribution in [3.05, 3.63) is 0 Å². The third-order valence-electron chi connectivity index (χ3n) is 2.73. The van der Waals surface area contributed by atoms with Gasteiger partial charge in [-0.3, -0.25) is 4.79 Å². The molecule has 0 aliphatic carbocycles. The van der Waals surface area contributed by atoms with Crippen molar-refractivity contribution in [2.75, 3.05) is 6.61 Å². The Bertz CT molecular complexity index is 272. The lowest BCUT2D eigenvalue weighted by atomic mass is 9.96. The van der Waals surface area contributed by atoms with Crippen LogP contribution in [0, 0.1) is 5.92 Å². The van der Waals surface area contributed by atoms with Crippen LogP contribution in [0.5, 0.6) is 0 Å². The molecule has 0 radical (unpaired) electrons. The number of hydrogen-bond acceptors (Lipinski definition) is 6.